The van der Waals surface area contributed by atoms with E-state index in [4.69, 9.17) is 4.74 Å². The summed E-state index contributed by atoms with van der Waals surface area (Å²) in [5, 5.41) is 2.86. The molecule has 0 bridgehead atoms. The van der Waals surface area contributed by atoms with E-state index >= 15 is 0 Å². The molecule has 0 saturated heterocycles. The fourth-order valence-electron chi connectivity index (χ4n) is 2.86. The molecule has 3 rings (SSSR count). The van der Waals surface area contributed by atoms with Crippen LogP contribution in [0.5, 0.6) is 0 Å². The molecule has 162 valence electrons. The van der Waals surface area contributed by atoms with Crippen LogP contribution >= 0.6 is 0 Å². The van der Waals surface area contributed by atoms with Crippen molar-refractivity contribution in [2.24, 2.45) is 0 Å². The first-order valence-electron chi connectivity index (χ1n) is 9.31. The van der Waals surface area contributed by atoms with Crippen LogP contribution in [-0.4, -0.2) is 52.8 Å². The van der Waals surface area contributed by atoms with Gasteiger partial charge in [0.2, 0.25) is 5.95 Å². The number of fused-ring (bicyclic) bond motifs is 1. The van der Waals surface area contributed by atoms with E-state index < -0.39 is 33.1 Å². The van der Waals surface area contributed by atoms with Crippen LogP contribution < -0.4 is 5.32 Å². The molecular formula is C19H24FN5O4S. The predicted octanol–water partition coefficient (Wildman–Crippen LogP) is 2.59. The predicted molar refractivity (Wildman–Crippen MR) is 108 cm³/mol. The normalized spacial score (nSPS) is 14.2. The second-order valence-corrected chi connectivity index (χ2v) is 10.3. The standard InChI is InChI=1S/C19H24FN5O4S/c1-19(2,3)29-18(26)25-6-5-12-8-22-17(24-15(12)10-25)23-13-7-14(20)16(21-9-13)11-30(4,27)28/h7-9H,5-6,10-11H2,1-4H3,(H,22,23,24). The smallest absolute Gasteiger partial charge is 0.410 e. The highest BCUT2D eigenvalue weighted by molar-refractivity contribution is 7.89. The lowest BCUT2D eigenvalue weighted by molar-refractivity contribution is 0.0220. The number of pyridine rings is 1. The van der Waals surface area contributed by atoms with Gasteiger partial charge < -0.3 is 15.0 Å². The number of hydrogen-bond donors (Lipinski definition) is 1. The number of hydrogen-bond acceptors (Lipinski definition) is 8. The Hall–Kier alpha value is -2.82. The minimum atomic E-state index is -3.40. The van der Waals surface area contributed by atoms with Crippen molar-refractivity contribution in [3.05, 3.63) is 41.2 Å². The summed E-state index contributed by atoms with van der Waals surface area (Å²) < 4.78 is 42.3. The molecule has 1 N–H and O–H groups in total. The molecule has 2 aromatic heterocycles. The summed E-state index contributed by atoms with van der Waals surface area (Å²) in [6.45, 7) is 6.21. The first kappa shape index (κ1) is 21.9. The van der Waals surface area contributed by atoms with E-state index in [1.165, 1.54) is 6.20 Å². The molecule has 1 aliphatic rings. The van der Waals surface area contributed by atoms with Gasteiger partial charge in [0.25, 0.3) is 0 Å². The Balaban J connectivity index is 1.73. The number of nitrogens with zero attached hydrogens (tertiary/aromatic N) is 4. The van der Waals surface area contributed by atoms with E-state index in [0.717, 1.165) is 17.9 Å². The van der Waals surface area contributed by atoms with Crippen molar-refractivity contribution in [2.45, 2.75) is 45.1 Å². The number of ether oxygens (including phenoxy) is 1. The highest BCUT2D eigenvalue weighted by Crippen LogP contribution is 2.22. The van der Waals surface area contributed by atoms with Crippen molar-refractivity contribution >= 4 is 27.6 Å². The summed E-state index contributed by atoms with van der Waals surface area (Å²) in [4.78, 5) is 26.4. The van der Waals surface area contributed by atoms with E-state index in [-0.39, 0.29) is 23.9 Å². The van der Waals surface area contributed by atoms with Gasteiger partial charge in [-0.3, -0.25) is 4.98 Å². The van der Waals surface area contributed by atoms with Crippen LogP contribution in [0, 0.1) is 5.82 Å². The molecule has 9 nitrogen and oxygen atoms in total. The Labute approximate surface area is 174 Å². The molecule has 3 heterocycles. The van der Waals surface area contributed by atoms with Crippen molar-refractivity contribution in [3.8, 4) is 0 Å². The molecule has 1 amide bonds. The molecular weight excluding hydrogens is 413 g/mol. The van der Waals surface area contributed by atoms with Crippen molar-refractivity contribution in [3.63, 3.8) is 0 Å². The van der Waals surface area contributed by atoms with Crippen molar-refractivity contribution in [2.75, 3.05) is 18.1 Å². The van der Waals surface area contributed by atoms with E-state index in [2.05, 4.69) is 20.3 Å². The molecule has 30 heavy (non-hydrogen) atoms. The third-order valence-electron chi connectivity index (χ3n) is 4.17. The monoisotopic (exact) mass is 437 g/mol. The second kappa shape index (κ2) is 8.13. The minimum absolute atomic E-state index is 0.151. The van der Waals surface area contributed by atoms with Crippen LogP contribution in [0.2, 0.25) is 0 Å². The van der Waals surface area contributed by atoms with Gasteiger partial charge in [-0.25, -0.2) is 27.6 Å². The second-order valence-electron chi connectivity index (χ2n) is 8.17. The van der Waals surface area contributed by atoms with Gasteiger partial charge in [0.05, 0.1) is 35.6 Å². The van der Waals surface area contributed by atoms with Gasteiger partial charge in [0.15, 0.2) is 9.84 Å². The minimum Gasteiger partial charge on any atom is -0.444 e. The molecule has 1 aliphatic heterocycles. The summed E-state index contributed by atoms with van der Waals surface area (Å²) >= 11 is 0. The molecule has 0 saturated carbocycles. The zero-order valence-corrected chi connectivity index (χ0v) is 18.1. The molecule has 11 heteroatoms. The molecule has 0 atom stereocenters. The van der Waals surface area contributed by atoms with Gasteiger partial charge in [0.1, 0.15) is 11.4 Å². The average molecular weight is 437 g/mol. The fraction of sp³-hybridized carbons (Fsp3) is 0.474. The first-order chi connectivity index (χ1) is 13.9. The largest absolute Gasteiger partial charge is 0.444 e. The number of carbonyl (C=O) groups is 1. The number of rotatable bonds is 4. The molecule has 0 aliphatic carbocycles. The lowest BCUT2D eigenvalue weighted by atomic mass is 10.1. The van der Waals surface area contributed by atoms with Crippen molar-refractivity contribution in [1.82, 2.24) is 19.9 Å². The van der Waals surface area contributed by atoms with E-state index in [1.807, 2.05) is 0 Å². The third-order valence-corrected chi connectivity index (χ3v) is 4.97. The highest BCUT2D eigenvalue weighted by atomic mass is 32.2. The summed E-state index contributed by atoms with van der Waals surface area (Å²) in [5.74, 6) is -0.995. The number of anilines is 2. The molecule has 0 radical (unpaired) electrons. The van der Waals surface area contributed by atoms with Gasteiger partial charge in [-0.2, -0.15) is 0 Å². The van der Waals surface area contributed by atoms with Crippen LogP contribution in [0.15, 0.2) is 18.5 Å². The Morgan fingerprint density at radius 3 is 2.67 bits per heavy atom. The Morgan fingerprint density at radius 2 is 2.03 bits per heavy atom. The Morgan fingerprint density at radius 1 is 1.30 bits per heavy atom. The number of carbonyl (C=O) groups excluding carboxylic acids is 1. The van der Waals surface area contributed by atoms with Crippen LogP contribution in [0.4, 0.5) is 20.8 Å². The molecule has 2 aromatic rings. The molecule has 0 aromatic carbocycles. The van der Waals surface area contributed by atoms with Gasteiger partial charge in [0, 0.05) is 25.1 Å². The lowest BCUT2D eigenvalue weighted by Gasteiger charge is -2.30. The summed E-state index contributed by atoms with van der Waals surface area (Å²) in [6.07, 6.45) is 4.19. The summed E-state index contributed by atoms with van der Waals surface area (Å²) in [7, 11) is -3.40. The lowest BCUT2D eigenvalue weighted by Crippen LogP contribution is -2.40. The maximum atomic E-state index is 14.2. The van der Waals surface area contributed by atoms with Crippen LogP contribution in [0.1, 0.15) is 37.7 Å². The summed E-state index contributed by atoms with van der Waals surface area (Å²) in [6, 6.07) is 1.14. The third kappa shape index (κ3) is 5.85. The van der Waals surface area contributed by atoms with Crippen LogP contribution in [0.3, 0.4) is 0 Å². The van der Waals surface area contributed by atoms with E-state index in [9.17, 15) is 17.6 Å². The number of sulfone groups is 1. The molecule has 0 unspecified atom stereocenters. The maximum Gasteiger partial charge on any atom is 0.410 e. The van der Waals surface area contributed by atoms with Crippen LogP contribution in [-0.2, 0) is 33.3 Å². The van der Waals surface area contributed by atoms with E-state index in [0.29, 0.717) is 18.7 Å². The number of amides is 1. The number of nitrogens with one attached hydrogen (secondary N) is 1. The zero-order chi connectivity index (χ0) is 22.1. The highest BCUT2D eigenvalue weighted by Gasteiger charge is 2.26. The fourth-order valence-corrected chi connectivity index (χ4v) is 3.57. The van der Waals surface area contributed by atoms with Crippen molar-refractivity contribution in [1.29, 1.82) is 0 Å². The van der Waals surface area contributed by atoms with Crippen LogP contribution in [0.25, 0.3) is 0 Å². The van der Waals surface area contributed by atoms with Gasteiger partial charge in [-0.1, -0.05) is 0 Å². The Bertz CT molecular complexity index is 1070. The molecule has 0 spiro atoms. The van der Waals surface area contributed by atoms with E-state index in [1.54, 1.807) is 31.9 Å². The topological polar surface area (TPSA) is 114 Å². The Kier molecular flexibility index (Phi) is 5.93. The number of halogens is 1. The van der Waals surface area contributed by atoms with Gasteiger partial charge >= 0.3 is 6.09 Å². The van der Waals surface area contributed by atoms with Gasteiger partial charge in [-0.05, 0) is 32.8 Å². The van der Waals surface area contributed by atoms with Crippen molar-refractivity contribution < 1.29 is 22.3 Å². The maximum absolute atomic E-state index is 14.2. The first-order valence-corrected chi connectivity index (χ1v) is 11.4. The summed E-state index contributed by atoms with van der Waals surface area (Å²) in [5.41, 5.74) is 1.14. The number of aromatic nitrogens is 3. The average Bonchev–Trinajstić information content (AvgIpc) is 2.61. The quantitative estimate of drug-likeness (QED) is 0.776. The molecule has 0 fully saturated rings. The zero-order valence-electron chi connectivity index (χ0n) is 17.3. The van der Waals surface area contributed by atoms with Gasteiger partial charge in [-0.15, -0.1) is 0 Å². The SMILES string of the molecule is CC(C)(C)OC(=O)N1CCc2cnc(Nc3cnc(CS(C)(=O)=O)c(F)c3)nc2C1.